The monoisotopic (exact) mass is 361 g/mol. The Kier molecular flexibility index (Phi) is 3.61. The van der Waals surface area contributed by atoms with E-state index in [2.05, 4.69) is 10.1 Å². The molecule has 0 amide bonds. The summed E-state index contributed by atoms with van der Waals surface area (Å²) in [7, 11) is 0. The van der Waals surface area contributed by atoms with Gasteiger partial charge in [0.2, 0.25) is 5.76 Å². The van der Waals surface area contributed by atoms with Crippen LogP contribution in [0.15, 0.2) is 22.9 Å². The Labute approximate surface area is 146 Å². The summed E-state index contributed by atoms with van der Waals surface area (Å²) in [4.78, 5) is 15.3. The first kappa shape index (κ1) is 15.8. The smallest absolute Gasteiger partial charge is 0.372 e. The normalized spacial score (nSPS) is 12.8. The molecule has 25 heavy (non-hydrogen) atoms. The number of hydrogen-bond donors (Lipinski definition) is 1. The minimum atomic E-state index is -1.09. The number of aromatic carboxylic acids is 1. The van der Waals surface area contributed by atoms with Gasteiger partial charge in [0, 0.05) is 23.7 Å². The first-order chi connectivity index (χ1) is 11.9. The van der Waals surface area contributed by atoms with E-state index >= 15 is 0 Å². The van der Waals surface area contributed by atoms with E-state index < -0.39 is 11.8 Å². The molecule has 128 valence electrons. The third kappa shape index (κ3) is 2.60. The molecule has 0 bridgehead atoms. The van der Waals surface area contributed by atoms with Gasteiger partial charge in [0.1, 0.15) is 11.6 Å². The zero-order valence-electron chi connectivity index (χ0n) is 13.2. The van der Waals surface area contributed by atoms with Crippen molar-refractivity contribution in [1.82, 2.24) is 14.8 Å². The summed E-state index contributed by atoms with van der Waals surface area (Å²) in [5, 5.41) is 14.0. The molecule has 0 fully saturated rings. The number of furan rings is 1. The van der Waals surface area contributed by atoms with Crippen LogP contribution in [0.1, 0.15) is 33.1 Å². The second-order valence-corrected chi connectivity index (χ2v) is 6.35. The number of aromatic nitrogens is 3. The minimum absolute atomic E-state index is 0.0457. The topological polar surface area (TPSA) is 81.1 Å². The van der Waals surface area contributed by atoms with Gasteiger partial charge in [0.15, 0.2) is 0 Å². The zero-order valence-corrected chi connectivity index (χ0v) is 14.0. The fraction of sp³-hybridized carbons (Fsp3) is 0.235. The Hall–Kier alpha value is -2.67. The second kappa shape index (κ2) is 5.70. The van der Waals surface area contributed by atoms with Crippen LogP contribution in [-0.4, -0.2) is 25.8 Å². The van der Waals surface area contributed by atoms with Crippen LogP contribution in [0.5, 0.6) is 0 Å². The zero-order chi connectivity index (χ0) is 17.7. The van der Waals surface area contributed by atoms with E-state index in [0.29, 0.717) is 42.1 Å². The Morgan fingerprint density at radius 3 is 3.00 bits per heavy atom. The number of carboxylic acids is 1. The molecule has 0 atom stereocenters. The molecular weight excluding hydrogens is 349 g/mol. The minimum Gasteiger partial charge on any atom is -0.475 e. The van der Waals surface area contributed by atoms with E-state index in [1.54, 1.807) is 11.6 Å². The second-order valence-electron chi connectivity index (χ2n) is 5.94. The lowest BCUT2D eigenvalue weighted by Crippen LogP contribution is -2.04. The highest BCUT2D eigenvalue weighted by Crippen LogP contribution is 2.38. The first-order valence-electron chi connectivity index (χ1n) is 7.66. The molecule has 0 unspecified atom stereocenters. The highest BCUT2D eigenvalue weighted by Gasteiger charge is 2.29. The van der Waals surface area contributed by atoms with Crippen LogP contribution in [0.25, 0.3) is 11.3 Å². The summed E-state index contributed by atoms with van der Waals surface area (Å²) in [5.74, 6) is -0.982. The molecule has 1 aliphatic rings. The largest absolute Gasteiger partial charge is 0.475 e. The molecule has 0 radical (unpaired) electrons. The number of pyridine rings is 1. The molecular formula is C17H13ClFN3O3. The van der Waals surface area contributed by atoms with Crippen LogP contribution >= 0.6 is 11.6 Å². The lowest BCUT2D eigenvalue weighted by atomic mass is 9.94. The molecule has 0 aliphatic heterocycles. The Balaban J connectivity index is 1.74. The third-order valence-electron chi connectivity index (χ3n) is 4.31. The van der Waals surface area contributed by atoms with Crippen LogP contribution in [0.3, 0.4) is 0 Å². The van der Waals surface area contributed by atoms with Gasteiger partial charge in [-0.1, -0.05) is 11.6 Å². The molecule has 1 N–H and O–H groups in total. The quantitative estimate of drug-likeness (QED) is 0.772. The molecule has 0 saturated heterocycles. The van der Waals surface area contributed by atoms with Crippen molar-refractivity contribution in [2.24, 2.45) is 0 Å². The lowest BCUT2D eigenvalue weighted by molar-refractivity contribution is 0.0659. The van der Waals surface area contributed by atoms with Gasteiger partial charge in [-0.05, 0) is 25.0 Å². The summed E-state index contributed by atoms with van der Waals surface area (Å²) in [5.41, 5.74) is 3.56. The molecule has 0 spiro atoms. The highest BCUT2D eigenvalue weighted by atomic mass is 35.5. The van der Waals surface area contributed by atoms with Crippen molar-refractivity contribution >= 4 is 17.6 Å². The van der Waals surface area contributed by atoms with Gasteiger partial charge in [-0.2, -0.15) is 5.10 Å². The predicted molar refractivity (Wildman–Crippen MR) is 87.3 cm³/mol. The molecule has 6 nitrogen and oxygen atoms in total. The van der Waals surface area contributed by atoms with Crippen molar-refractivity contribution in [3.8, 4) is 11.3 Å². The number of carbonyl (C=O) groups is 1. The van der Waals surface area contributed by atoms with E-state index in [0.717, 1.165) is 17.3 Å². The fourth-order valence-electron chi connectivity index (χ4n) is 3.16. The highest BCUT2D eigenvalue weighted by molar-refractivity contribution is 6.31. The average Bonchev–Trinajstić information content (AvgIpc) is 3.10. The summed E-state index contributed by atoms with van der Waals surface area (Å²) in [6.07, 6.45) is 4.32. The van der Waals surface area contributed by atoms with Gasteiger partial charge in [-0.3, -0.25) is 9.67 Å². The summed E-state index contributed by atoms with van der Waals surface area (Å²) in [6, 6.07) is 1.21. The maximum atomic E-state index is 13.1. The average molecular weight is 362 g/mol. The van der Waals surface area contributed by atoms with Crippen LogP contribution < -0.4 is 0 Å². The molecule has 4 rings (SSSR count). The van der Waals surface area contributed by atoms with Crippen molar-refractivity contribution < 1.29 is 18.7 Å². The summed E-state index contributed by atoms with van der Waals surface area (Å²) in [6.45, 7) is 2.02. The van der Waals surface area contributed by atoms with Crippen LogP contribution in [-0.2, 0) is 19.4 Å². The maximum absolute atomic E-state index is 13.1. The molecule has 0 saturated carbocycles. The van der Waals surface area contributed by atoms with E-state index in [4.69, 9.17) is 16.0 Å². The third-order valence-corrected chi connectivity index (χ3v) is 4.63. The number of hydrogen-bond acceptors (Lipinski definition) is 4. The molecule has 3 aromatic rings. The number of halogens is 2. The molecule has 1 aliphatic carbocycles. The number of fused-ring (bicyclic) bond motifs is 3. The van der Waals surface area contributed by atoms with Gasteiger partial charge in [0.25, 0.3) is 0 Å². The number of aryl methyl sites for hydroxylation is 2. The van der Waals surface area contributed by atoms with Crippen LogP contribution in [0, 0.1) is 12.7 Å². The van der Waals surface area contributed by atoms with Gasteiger partial charge >= 0.3 is 5.97 Å². The first-order valence-corrected chi connectivity index (χ1v) is 8.04. The predicted octanol–water partition coefficient (Wildman–Crippen LogP) is 3.48. The Bertz CT molecular complexity index is 1010. The van der Waals surface area contributed by atoms with Gasteiger partial charge in [0.05, 0.1) is 29.2 Å². The Morgan fingerprint density at radius 1 is 1.48 bits per heavy atom. The molecule has 3 aromatic heterocycles. The van der Waals surface area contributed by atoms with Gasteiger partial charge in [-0.25, -0.2) is 9.18 Å². The van der Waals surface area contributed by atoms with Crippen molar-refractivity contribution in [2.45, 2.75) is 26.3 Å². The van der Waals surface area contributed by atoms with E-state index in [1.807, 2.05) is 6.20 Å². The van der Waals surface area contributed by atoms with Crippen molar-refractivity contribution in [1.29, 1.82) is 0 Å². The van der Waals surface area contributed by atoms with Crippen molar-refractivity contribution in [3.05, 3.63) is 57.6 Å². The number of nitrogens with zero attached hydrogens (tertiary/aromatic N) is 3. The fourth-order valence-corrected chi connectivity index (χ4v) is 3.37. The van der Waals surface area contributed by atoms with Gasteiger partial charge in [-0.15, -0.1) is 0 Å². The SMILES string of the molecule is Cc1c(C(=O)O)oc2c1-c1nn(Cc3ncc(F)cc3Cl)cc1CC2. The number of rotatable bonds is 3. The number of carboxylic acid groups (broad SMARTS) is 1. The Morgan fingerprint density at radius 2 is 2.28 bits per heavy atom. The molecule has 3 heterocycles. The standard InChI is InChI=1S/C17H13ClFN3O3/c1-8-14-13(25-16(8)17(23)24)3-2-9-6-22(21-15(9)14)7-12-11(18)4-10(19)5-20-12/h4-6H,2-3,7H2,1H3,(H,23,24). The van der Waals surface area contributed by atoms with Crippen molar-refractivity contribution in [2.75, 3.05) is 0 Å². The van der Waals surface area contributed by atoms with Crippen LogP contribution in [0.2, 0.25) is 5.02 Å². The van der Waals surface area contributed by atoms with E-state index in [9.17, 15) is 14.3 Å². The molecule has 8 heteroatoms. The molecule has 0 aromatic carbocycles. The van der Waals surface area contributed by atoms with E-state index in [1.165, 1.54) is 6.07 Å². The summed E-state index contributed by atoms with van der Waals surface area (Å²) >= 11 is 6.03. The van der Waals surface area contributed by atoms with Crippen molar-refractivity contribution in [3.63, 3.8) is 0 Å². The van der Waals surface area contributed by atoms with Gasteiger partial charge < -0.3 is 9.52 Å². The summed E-state index contributed by atoms with van der Waals surface area (Å²) < 4.78 is 20.3. The maximum Gasteiger partial charge on any atom is 0.372 e. The lowest BCUT2D eigenvalue weighted by Gasteiger charge is -2.09. The van der Waals surface area contributed by atoms with E-state index in [-0.39, 0.29) is 10.8 Å². The van der Waals surface area contributed by atoms with Crippen LogP contribution in [0.4, 0.5) is 4.39 Å².